The molecule has 0 bridgehead atoms. The van der Waals surface area contributed by atoms with Crippen LogP contribution in [0.15, 0.2) is 0 Å². The summed E-state index contributed by atoms with van der Waals surface area (Å²) in [6, 6.07) is 0. The molecule has 0 fully saturated rings. The Labute approximate surface area is 113 Å². The molecule has 0 aromatic heterocycles. The lowest BCUT2D eigenvalue weighted by molar-refractivity contribution is -0.137. The van der Waals surface area contributed by atoms with Crippen LogP contribution in [0.3, 0.4) is 0 Å². The molecule has 18 heavy (non-hydrogen) atoms. The number of carbonyl (C=O) groups is 1. The van der Waals surface area contributed by atoms with E-state index in [4.69, 9.17) is 5.11 Å². The maximum Gasteiger partial charge on any atom is 0.303 e. The van der Waals surface area contributed by atoms with E-state index in [1.54, 1.807) is 0 Å². The molecule has 0 saturated heterocycles. The van der Waals surface area contributed by atoms with Crippen molar-refractivity contribution in [2.45, 2.75) is 90.9 Å². The van der Waals surface area contributed by atoms with E-state index in [9.17, 15) is 4.79 Å². The first-order valence-corrected chi connectivity index (χ1v) is 7.92. The Balaban J connectivity index is 3.31. The zero-order valence-electron chi connectivity index (χ0n) is 12.4. The zero-order chi connectivity index (χ0) is 13.6. The molecule has 0 saturated carbocycles. The van der Waals surface area contributed by atoms with E-state index >= 15 is 0 Å². The lowest BCUT2D eigenvalue weighted by Gasteiger charge is -2.13. The van der Waals surface area contributed by atoms with E-state index in [2.05, 4.69) is 13.8 Å². The lowest BCUT2D eigenvalue weighted by atomic mass is 9.93. The molecule has 0 aliphatic carbocycles. The van der Waals surface area contributed by atoms with Crippen molar-refractivity contribution < 1.29 is 9.90 Å². The maximum atomic E-state index is 10.5. The fraction of sp³-hybridized carbons (Fsp3) is 0.938. The highest BCUT2D eigenvalue weighted by molar-refractivity contribution is 5.66. The van der Waals surface area contributed by atoms with Gasteiger partial charge in [0.25, 0.3) is 0 Å². The van der Waals surface area contributed by atoms with Gasteiger partial charge in [0.15, 0.2) is 0 Å². The molecule has 0 rings (SSSR count). The molecule has 0 aromatic carbocycles. The molecule has 0 aromatic rings. The van der Waals surface area contributed by atoms with E-state index in [-0.39, 0.29) is 0 Å². The van der Waals surface area contributed by atoms with E-state index in [1.807, 2.05) is 0 Å². The largest absolute Gasteiger partial charge is 0.481 e. The van der Waals surface area contributed by atoms with Crippen molar-refractivity contribution in [3.63, 3.8) is 0 Å². The fourth-order valence-corrected chi connectivity index (χ4v) is 2.45. The number of rotatable bonds is 13. The molecule has 1 N–H and O–H groups in total. The number of carboxylic acid groups (broad SMARTS) is 1. The minimum atomic E-state index is -0.649. The van der Waals surface area contributed by atoms with E-state index < -0.39 is 5.97 Å². The summed E-state index contributed by atoms with van der Waals surface area (Å²) < 4.78 is 0. The molecule has 1 atom stereocenters. The van der Waals surface area contributed by atoms with Crippen LogP contribution in [-0.2, 0) is 4.79 Å². The molecule has 108 valence electrons. The molecule has 2 nitrogen and oxygen atoms in total. The fourth-order valence-electron chi connectivity index (χ4n) is 2.45. The summed E-state index contributed by atoms with van der Waals surface area (Å²) in [5.41, 5.74) is 0. The van der Waals surface area contributed by atoms with Gasteiger partial charge in [-0.3, -0.25) is 4.79 Å². The first-order valence-electron chi connectivity index (χ1n) is 7.92. The van der Waals surface area contributed by atoms with Crippen LogP contribution in [0.25, 0.3) is 0 Å². The van der Waals surface area contributed by atoms with Gasteiger partial charge in [0, 0.05) is 6.42 Å². The number of hydrogen-bond acceptors (Lipinski definition) is 1. The van der Waals surface area contributed by atoms with Crippen LogP contribution < -0.4 is 0 Å². The summed E-state index contributed by atoms with van der Waals surface area (Å²) >= 11 is 0. The Kier molecular flexibility index (Phi) is 12.5. The van der Waals surface area contributed by atoms with E-state index in [1.165, 1.54) is 57.8 Å². The highest BCUT2D eigenvalue weighted by Crippen LogP contribution is 2.19. The first-order chi connectivity index (χ1) is 8.70. The molecule has 0 amide bonds. The standard InChI is InChI=1S/C16H32O2/c1-3-5-6-7-8-9-10-11-12-15(4-2)13-14-16(17)18/h15H,3-14H2,1-2H3,(H,17,18). The smallest absolute Gasteiger partial charge is 0.303 e. The second-order valence-electron chi connectivity index (χ2n) is 5.47. The minimum Gasteiger partial charge on any atom is -0.481 e. The van der Waals surface area contributed by atoms with Crippen molar-refractivity contribution in [1.29, 1.82) is 0 Å². The Hall–Kier alpha value is -0.530. The Morgan fingerprint density at radius 2 is 1.44 bits per heavy atom. The molecule has 1 unspecified atom stereocenters. The maximum absolute atomic E-state index is 10.5. The van der Waals surface area contributed by atoms with Gasteiger partial charge in [0.1, 0.15) is 0 Å². The summed E-state index contributed by atoms with van der Waals surface area (Å²) in [4.78, 5) is 10.5. The van der Waals surface area contributed by atoms with Crippen LogP contribution in [-0.4, -0.2) is 11.1 Å². The summed E-state index contributed by atoms with van der Waals surface area (Å²) in [7, 11) is 0. The van der Waals surface area contributed by atoms with Crippen molar-refractivity contribution in [2.24, 2.45) is 5.92 Å². The molecule has 0 heterocycles. The molecular formula is C16H32O2. The Morgan fingerprint density at radius 1 is 0.889 bits per heavy atom. The summed E-state index contributed by atoms with van der Waals surface area (Å²) in [5.74, 6) is -0.0226. The number of hydrogen-bond donors (Lipinski definition) is 1. The summed E-state index contributed by atoms with van der Waals surface area (Å²) in [6.45, 7) is 4.43. The van der Waals surface area contributed by atoms with Crippen LogP contribution in [0.5, 0.6) is 0 Å². The first kappa shape index (κ1) is 17.5. The van der Waals surface area contributed by atoms with Gasteiger partial charge in [-0.25, -0.2) is 0 Å². The molecule has 2 heteroatoms. The summed E-state index contributed by atoms with van der Waals surface area (Å²) in [5, 5.41) is 8.67. The van der Waals surface area contributed by atoms with E-state index in [0.29, 0.717) is 12.3 Å². The lowest BCUT2D eigenvalue weighted by Crippen LogP contribution is -2.03. The van der Waals surface area contributed by atoms with Crippen LogP contribution in [0.4, 0.5) is 0 Å². The van der Waals surface area contributed by atoms with Crippen molar-refractivity contribution >= 4 is 5.97 Å². The average Bonchev–Trinajstić information content (AvgIpc) is 2.36. The third-order valence-corrected chi connectivity index (χ3v) is 3.81. The van der Waals surface area contributed by atoms with Gasteiger partial charge in [-0.2, -0.15) is 0 Å². The van der Waals surface area contributed by atoms with Gasteiger partial charge < -0.3 is 5.11 Å². The number of carboxylic acids is 1. The van der Waals surface area contributed by atoms with Crippen molar-refractivity contribution in [3.8, 4) is 0 Å². The van der Waals surface area contributed by atoms with Crippen LogP contribution in [0.1, 0.15) is 90.9 Å². The Bertz CT molecular complexity index is 190. The predicted octanol–water partition coefficient (Wildman–Crippen LogP) is 5.41. The van der Waals surface area contributed by atoms with Crippen molar-refractivity contribution in [2.75, 3.05) is 0 Å². The summed E-state index contributed by atoms with van der Waals surface area (Å²) in [6.07, 6.45) is 14.4. The SMILES string of the molecule is CCCCCCCCCCC(CC)CCC(=O)O. The minimum absolute atomic E-state index is 0.343. The number of unbranched alkanes of at least 4 members (excludes halogenated alkanes) is 7. The van der Waals surface area contributed by atoms with Gasteiger partial charge in [0.05, 0.1) is 0 Å². The normalized spacial score (nSPS) is 12.6. The van der Waals surface area contributed by atoms with Gasteiger partial charge in [-0.1, -0.05) is 78.1 Å². The molecule has 0 aliphatic heterocycles. The van der Waals surface area contributed by atoms with Crippen LogP contribution in [0.2, 0.25) is 0 Å². The third-order valence-electron chi connectivity index (χ3n) is 3.81. The molecule has 0 spiro atoms. The van der Waals surface area contributed by atoms with Gasteiger partial charge in [0.2, 0.25) is 0 Å². The third kappa shape index (κ3) is 11.9. The highest BCUT2D eigenvalue weighted by Gasteiger charge is 2.08. The number of aliphatic carboxylic acids is 1. The zero-order valence-corrected chi connectivity index (χ0v) is 12.4. The van der Waals surface area contributed by atoms with Crippen LogP contribution in [0, 0.1) is 5.92 Å². The second-order valence-corrected chi connectivity index (χ2v) is 5.47. The quantitative estimate of drug-likeness (QED) is 0.447. The van der Waals surface area contributed by atoms with Crippen LogP contribution >= 0.6 is 0 Å². The average molecular weight is 256 g/mol. The van der Waals surface area contributed by atoms with Gasteiger partial charge in [-0.15, -0.1) is 0 Å². The predicted molar refractivity (Wildman–Crippen MR) is 77.9 cm³/mol. The van der Waals surface area contributed by atoms with Gasteiger partial charge >= 0.3 is 5.97 Å². The van der Waals surface area contributed by atoms with Crippen molar-refractivity contribution in [3.05, 3.63) is 0 Å². The molecular weight excluding hydrogens is 224 g/mol. The molecule has 0 aliphatic rings. The topological polar surface area (TPSA) is 37.3 Å². The second kappa shape index (κ2) is 12.9. The molecule has 0 radical (unpaired) electrons. The van der Waals surface area contributed by atoms with Crippen molar-refractivity contribution in [1.82, 2.24) is 0 Å². The Morgan fingerprint density at radius 3 is 1.94 bits per heavy atom. The van der Waals surface area contributed by atoms with Gasteiger partial charge in [-0.05, 0) is 12.3 Å². The van der Waals surface area contributed by atoms with E-state index in [0.717, 1.165) is 12.8 Å². The highest BCUT2D eigenvalue weighted by atomic mass is 16.4. The monoisotopic (exact) mass is 256 g/mol.